The molecule has 0 radical (unpaired) electrons. The van der Waals surface area contributed by atoms with Crippen LogP contribution in [0.5, 0.6) is 0 Å². The Bertz CT molecular complexity index is 759. The molecule has 1 aromatic heterocycles. The van der Waals surface area contributed by atoms with Crippen LogP contribution in [0.3, 0.4) is 0 Å². The third kappa shape index (κ3) is 4.46. The number of anilines is 1. The first-order valence-corrected chi connectivity index (χ1v) is 9.05. The summed E-state index contributed by atoms with van der Waals surface area (Å²) in [4.78, 5) is 15.3. The topological polar surface area (TPSA) is 41.6 Å². The lowest BCUT2D eigenvalue weighted by atomic mass is 9.99. The molecular weight excluding hydrogens is 339 g/mol. The zero-order valence-corrected chi connectivity index (χ0v) is 15.1. The normalized spacial score (nSPS) is 19.8. The van der Waals surface area contributed by atoms with Gasteiger partial charge in [0.05, 0.1) is 5.69 Å². The van der Waals surface area contributed by atoms with Crippen LogP contribution in [0.15, 0.2) is 47.9 Å². The lowest BCUT2D eigenvalue weighted by molar-refractivity contribution is 0.0896. The summed E-state index contributed by atoms with van der Waals surface area (Å²) in [7, 11) is 4.01. The van der Waals surface area contributed by atoms with E-state index in [-0.39, 0.29) is 18.0 Å². The minimum absolute atomic E-state index is 0.164. The van der Waals surface area contributed by atoms with Gasteiger partial charge < -0.3 is 9.64 Å². The zero-order valence-electron chi connectivity index (χ0n) is 14.2. The number of nitrogens with zero attached hydrogens (tertiary/aromatic N) is 1. The van der Waals surface area contributed by atoms with Crippen molar-refractivity contribution in [1.29, 1.82) is 0 Å². The van der Waals surface area contributed by atoms with Crippen LogP contribution in [-0.2, 0) is 4.74 Å². The van der Waals surface area contributed by atoms with Gasteiger partial charge in [-0.3, -0.25) is 5.32 Å². The molecule has 4 nitrogen and oxygen atoms in total. The third-order valence-electron chi connectivity index (χ3n) is 4.20. The second-order valence-electron chi connectivity index (χ2n) is 6.25. The molecule has 1 aliphatic carbocycles. The largest absolute Gasteiger partial charge is 0.446 e. The number of benzene rings is 1. The van der Waals surface area contributed by atoms with Crippen molar-refractivity contribution in [2.24, 2.45) is 0 Å². The molecule has 1 N–H and O–H groups in total. The Balaban J connectivity index is 1.69. The molecule has 0 saturated carbocycles. The van der Waals surface area contributed by atoms with Gasteiger partial charge in [-0.1, -0.05) is 18.2 Å². The van der Waals surface area contributed by atoms with Crippen molar-refractivity contribution in [3.63, 3.8) is 0 Å². The van der Waals surface area contributed by atoms with Gasteiger partial charge in [0, 0.05) is 29.3 Å². The predicted octanol–water partition coefficient (Wildman–Crippen LogP) is 4.75. The van der Waals surface area contributed by atoms with E-state index in [1.807, 2.05) is 37.7 Å². The number of rotatable bonds is 4. The van der Waals surface area contributed by atoms with Gasteiger partial charge >= 0.3 is 6.09 Å². The first kappa shape index (κ1) is 17.6. The lowest BCUT2D eigenvalue weighted by Gasteiger charge is -2.29. The average Bonchev–Trinajstić information content (AvgIpc) is 3.11. The summed E-state index contributed by atoms with van der Waals surface area (Å²) in [6.07, 6.45) is 4.97. The summed E-state index contributed by atoms with van der Waals surface area (Å²) < 4.78 is 19.2. The molecule has 0 spiro atoms. The molecule has 1 aromatic carbocycles. The van der Waals surface area contributed by atoms with E-state index in [1.54, 1.807) is 6.07 Å². The molecule has 0 aliphatic heterocycles. The van der Waals surface area contributed by atoms with E-state index in [4.69, 9.17) is 4.74 Å². The lowest BCUT2D eigenvalue weighted by Crippen LogP contribution is -2.35. The standard InChI is InChI=1S/C19H21FN2O2S/c1-22(2)14-5-3-6-15(12-14)24-19(23)21-17-9-8-13(20)11-16(17)18-7-4-10-25-18/h3-5,7-11,14-15H,6,12H2,1-2H3,(H,21,23)/t14-,15-/m0/s1. The molecule has 1 heterocycles. The predicted molar refractivity (Wildman–Crippen MR) is 99.5 cm³/mol. The maximum Gasteiger partial charge on any atom is 0.411 e. The molecule has 1 aliphatic rings. The number of ether oxygens (including phenoxy) is 1. The van der Waals surface area contributed by atoms with Crippen molar-refractivity contribution in [2.75, 3.05) is 19.4 Å². The van der Waals surface area contributed by atoms with Crippen LogP contribution in [0.1, 0.15) is 12.8 Å². The van der Waals surface area contributed by atoms with Gasteiger partial charge in [-0.05, 0) is 43.7 Å². The van der Waals surface area contributed by atoms with Crippen LogP contribution in [0.25, 0.3) is 10.4 Å². The van der Waals surface area contributed by atoms with Crippen molar-refractivity contribution in [1.82, 2.24) is 4.90 Å². The first-order valence-electron chi connectivity index (χ1n) is 8.17. The van der Waals surface area contributed by atoms with Crippen LogP contribution >= 0.6 is 11.3 Å². The number of hydrogen-bond donors (Lipinski definition) is 1. The Labute approximate surface area is 150 Å². The maximum absolute atomic E-state index is 13.6. The Hall–Kier alpha value is -2.18. The summed E-state index contributed by atoms with van der Waals surface area (Å²) in [5, 5.41) is 4.67. The fourth-order valence-electron chi connectivity index (χ4n) is 2.86. The smallest absolute Gasteiger partial charge is 0.411 e. The second-order valence-corrected chi connectivity index (χ2v) is 7.20. The van der Waals surface area contributed by atoms with Crippen molar-refractivity contribution < 1.29 is 13.9 Å². The van der Waals surface area contributed by atoms with Gasteiger partial charge in [-0.15, -0.1) is 11.3 Å². The summed E-state index contributed by atoms with van der Waals surface area (Å²) in [6.45, 7) is 0. The van der Waals surface area contributed by atoms with Crippen LogP contribution in [0.2, 0.25) is 0 Å². The summed E-state index contributed by atoms with van der Waals surface area (Å²) in [5.74, 6) is -0.339. The minimum Gasteiger partial charge on any atom is -0.446 e. The van der Waals surface area contributed by atoms with Crippen molar-refractivity contribution in [3.05, 3.63) is 53.7 Å². The number of halogens is 1. The van der Waals surface area contributed by atoms with Crippen LogP contribution in [0.4, 0.5) is 14.9 Å². The quantitative estimate of drug-likeness (QED) is 0.800. The van der Waals surface area contributed by atoms with Crippen molar-refractivity contribution in [2.45, 2.75) is 25.0 Å². The van der Waals surface area contributed by atoms with Crippen LogP contribution in [0, 0.1) is 5.82 Å². The third-order valence-corrected chi connectivity index (χ3v) is 5.11. The van der Waals surface area contributed by atoms with E-state index < -0.39 is 6.09 Å². The van der Waals surface area contributed by atoms with Gasteiger partial charge in [-0.2, -0.15) is 0 Å². The number of thiophene rings is 1. The fourth-order valence-corrected chi connectivity index (χ4v) is 3.62. The minimum atomic E-state index is -0.512. The molecule has 25 heavy (non-hydrogen) atoms. The highest BCUT2D eigenvalue weighted by atomic mass is 32.1. The fraction of sp³-hybridized carbons (Fsp3) is 0.316. The van der Waals surface area contributed by atoms with E-state index in [9.17, 15) is 9.18 Å². The summed E-state index contributed by atoms with van der Waals surface area (Å²) in [5.41, 5.74) is 1.20. The number of likely N-dealkylation sites (N-methyl/N-ethyl adjacent to an activating group) is 1. The van der Waals surface area contributed by atoms with Gasteiger partial charge in [0.25, 0.3) is 0 Å². The maximum atomic E-state index is 13.6. The Morgan fingerprint density at radius 3 is 2.92 bits per heavy atom. The van der Waals surface area contributed by atoms with Gasteiger partial charge in [0.15, 0.2) is 0 Å². The molecule has 3 rings (SSSR count). The van der Waals surface area contributed by atoms with E-state index >= 15 is 0 Å². The molecule has 132 valence electrons. The molecule has 0 saturated heterocycles. The molecule has 0 unspecified atom stereocenters. The van der Waals surface area contributed by atoms with E-state index in [0.29, 0.717) is 17.7 Å². The van der Waals surface area contributed by atoms with Crippen molar-refractivity contribution >= 4 is 23.1 Å². The number of amides is 1. The van der Waals surface area contributed by atoms with Crippen LogP contribution in [-0.4, -0.2) is 37.2 Å². The summed E-state index contributed by atoms with van der Waals surface area (Å²) >= 11 is 1.49. The van der Waals surface area contributed by atoms with E-state index in [1.165, 1.54) is 23.5 Å². The van der Waals surface area contributed by atoms with Crippen LogP contribution < -0.4 is 5.32 Å². The highest BCUT2D eigenvalue weighted by Gasteiger charge is 2.23. The zero-order chi connectivity index (χ0) is 17.8. The first-order chi connectivity index (χ1) is 12.0. The summed E-state index contributed by atoms with van der Waals surface area (Å²) in [6, 6.07) is 8.37. The Kier molecular flexibility index (Phi) is 5.50. The number of carbonyl (C=O) groups is 1. The Morgan fingerprint density at radius 2 is 2.20 bits per heavy atom. The molecule has 2 atom stereocenters. The number of hydrogen-bond acceptors (Lipinski definition) is 4. The van der Waals surface area contributed by atoms with E-state index in [0.717, 1.165) is 11.3 Å². The molecule has 0 bridgehead atoms. The number of carbonyl (C=O) groups excluding carboxylic acids is 1. The molecule has 1 amide bonds. The number of nitrogens with one attached hydrogen (secondary N) is 1. The SMILES string of the molecule is CN(C)[C@H]1C=CC[C@H](OC(=O)Nc2ccc(F)cc2-c2cccs2)C1. The molecule has 2 aromatic rings. The van der Waals surface area contributed by atoms with Crippen molar-refractivity contribution in [3.8, 4) is 10.4 Å². The average molecular weight is 360 g/mol. The van der Waals surface area contributed by atoms with Gasteiger partial charge in [0.2, 0.25) is 0 Å². The second kappa shape index (κ2) is 7.80. The van der Waals surface area contributed by atoms with Gasteiger partial charge in [-0.25, -0.2) is 9.18 Å². The highest BCUT2D eigenvalue weighted by Crippen LogP contribution is 2.32. The molecule has 6 heteroatoms. The van der Waals surface area contributed by atoms with E-state index in [2.05, 4.69) is 16.3 Å². The Morgan fingerprint density at radius 1 is 1.36 bits per heavy atom. The molecule has 0 fully saturated rings. The van der Waals surface area contributed by atoms with Gasteiger partial charge in [0.1, 0.15) is 11.9 Å². The monoisotopic (exact) mass is 360 g/mol. The molecular formula is C19H21FN2O2S. The highest BCUT2D eigenvalue weighted by molar-refractivity contribution is 7.13.